The number of nitrogens with two attached hydrogens (primary N) is 1. The topological polar surface area (TPSA) is 435 Å². The molecule has 12 aromatic rings. The Morgan fingerprint density at radius 2 is 0.713 bits per heavy atom. The van der Waals surface area contributed by atoms with E-state index in [-0.39, 0.29) is 68.8 Å². The lowest BCUT2D eigenvalue weighted by molar-refractivity contribution is -0.139. The predicted molar refractivity (Wildman–Crippen MR) is 422 cm³/mol. The zero-order valence-electron chi connectivity index (χ0n) is 64.2. The molecule has 3 aliphatic rings. The van der Waals surface area contributed by atoms with Gasteiger partial charge in [0.1, 0.15) is 0 Å². The lowest BCUT2D eigenvalue weighted by Gasteiger charge is -2.20. The number of pyridine rings is 6. The van der Waals surface area contributed by atoms with Gasteiger partial charge in [-0.2, -0.15) is 0 Å². The molecule has 0 atom stereocenters. The van der Waals surface area contributed by atoms with Crippen molar-refractivity contribution < 1.29 is 101 Å². The van der Waals surface area contributed by atoms with Gasteiger partial charge in [0.15, 0.2) is 69.0 Å². The first kappa shape index (κ1) is 80.3. The lowest BCUT2D eigenvalue weighted by atomic mass is 10.0. The number of amides is 3. The summed E-state index contributed by atoms with van der Waals surface area (Å²) in [7, 11) is 16.7. The van der Waals surface area contributed by atoms with Crippen molar-refractivity contribution in [2.45, 2.75) is 32.5 Å². The van der Waals surface area contributed by atoms with Crippen LogP contribution in [0.3, 0.4) is 0 Å². The summed E-state index contributed by atoms with van der Waals surface area (Å²) < 4.78 is 70.8. The molecule has 115 heavy (non-hydrogen) atoms. The molecule has 7 N–H and O–H groups in total. The van der Waals surface area contributed by atoms with Crippen molar-refractivity contribution in [3.63, 3.8) is 0 Å². The van der Waals surface area contributed by atoms with E-state index in [1.165, 1.54) is 71.0 Å². The number of nitrogens with zero attached hydrogens (tertiary/aromatic N) is 8. The molecule has 15 rings (SSSR count). The molecular weight excluding hydrogens is 1500 g/mol. The van der Waals surface area contributed by atoms with Crippen LogP contribution in [0.1, 0.15) is 12.8 Å². The molecule has 6 aromatic heterocycles. The van der Waals surface area contributed by atoms with Gasteiger partial charge in [0, 0.05) is 158 Å². The third kappa shape index (κ3) is 15.7. The van der Waals surface area contributed by atoms with E-state index < -0.39 is 54.0 Å². The third-order valence-electron chi connectivity index (χ3n) is 19.5. The fourth-order valence-electron chi connectivity index (χ4n) is 13.6. The number of carbonyl (C=O) groups is 6. The van der Waals surface area contributed by atoms with Gasteiger partial charge in [-0.05, 0) is 68.7 Å². The first-order chi connectivity index (χ1) is 55.4. The molecule has 0 unspecified atom stereocenters. The van der Waals surface area contributed by atoms with Gasteiger partial charge in [-0.3, -0.25) is 48.5 Å². The molecule has 35 nitrogen and oxygen atoms in total. The van der Waals surface area contributed by atoms with Crippen LogP contribution in [0, 0.1) is 0 Å². The Hall–Kier alpha value is -14.2. The molecule has 9 heterocycles. The van der Waals surface area contributed by atoms with Crippen molar-refractivity contribution >= 4 is 133 Å². The fraction of sp³-hybridized carbons (Fsp3) is 0.275. The summed E-state index contributed by atoms with van der Waals surface area (Å²) in [6, 6.07) is 20.9. The number of benzene rings is 6. The van der Waals surface area contributed by atoms with Crippen LogP contribution in [0.15, 0.2) is 129 Å². The van der Waals surface area contributed by atoms with Gasteiger partial charge in [0.05, 0.1) is 116 Å². The maximum atomic E-state index is 14.0. The predicted octanol–water partition coefficient (Wildman–Crippen LogP) is 6.69. The van der Waals surface area contributed by atoms with E-state index in [2.05, 4.69) is 31.3 Å². The number of fused-ring (bicyclic) bond motifs is 18. The molecule has 0 radical (unpaired) electrons. The Bertz CT molecular complexity index is 6250. The smallest absolute Gasteiger partial charge is 0.332 e. The maximum Gasteiger partial charge on any atom is 0.332 e. The zero-order valence-corrected chi connectivity index (χ0v) is 64.2. The molecule has 598 valence electrons. The van der Waals surface area contributed by atoms with Gasteiger partial charge in [0.25, 0.3) is 16.7 Å². The molecule has 0 saturated heterocycles. The van der Waals surface area contributed by atoms with Gasteiger partial charge < -0.3 is 112 Å². The van der Waals surface area contributed by atoms with Crippen molar-refractivity contribution in [2.75, 3.05) is 118 Å². The monoisotopic (exact) mass is 1580 g/mol. The molecule has 0 saturated carbocycles. The van der Waals surface area contributed by atoms with Gasteiger partial charge >= 0.3 is 17.9 Å². The number of hydrogen-bond donors (Lipinski definition) is 6. The van der Waals surface area contributed by atoms with Crippen LogP contribution in [0.4, 0.5) is 0 Å². The zero-order chi connectivity index (χ0) is 82.4. The summed E-state index contributed by atoms with van der Waals surface area (Å²) in [6.07, 6.45) is 5.52. The van der Waals surface area contributed by atoms with Gasteiger partial charge in [-0.15, -0.1) is 0 Å². The highest BCUT2D eigenvalue weighted by molar-refractivity contribution is 6.18. The number of rotatable bonds is 23. The minimum Gasteiger partial charge on any atom is -0.493 e. The third-order valence-corrected chi connectivity index (χ3v) is 19.5. The number of carbonyl (C=O) groups excluding carboxylic acids is 3. The molecular formula is C80H79N11O24. The Kier molecular flexibility index (Phi) is 23.9. The number of aliphatic carboxylic acids is 3. The standard InChI is InChI=1S/C29H28N4O9.C28H25N3O10.C22H21N3O5.CH5N/c1-30-25(34)7-15(29(37)38)8-26(35)32(2)5-6-33-27-18-11-23-24(42-14-41-23)12-20(18)31-13-19(27)16-9-21(39-3)22(40-4)10-17(16)28(33)36;1-30(24(32)6-14(28(36)37)7-25(33)34)4-5-31-26-17-10-22-23(41-13-40-22)11-19(17)29-12-18(26)15-8-20(38-2)21(39-3)9-16(15)27(31)35;1-23-4-5-25-21-14-8-19-20(30-11-29-19)9-16(14)24-10-15(21)12-6-17(27-2)18(28-3)7-13(12)22(25)26;1-2/h8-13H,5-7,14H2,1-4H3,(H,30,34)(H,37,38);6,8-12H,4-5,7,13H2,1-3H3,(H,33,34)(H,36,37);6-10,23H,4-5,11H2,1-3H3;2H2,1H3/b15-8-;14-6-;;. The molecule has 3 amide bonds. The second kappa shape index (κ2) is 34.2. The Labute approximate surface area is 651 Å². The van der Waals surface area contributed by atoms with Crippen LogP contribution in [0.2, 0.25) is 0 Å². The number of ether oxygens (including phenoxy) is 12. The number of carboxylic acid groups (broad SMARTS) is 3. The van der Waals surface area contributed by atoms with Crippen LogP contribution >= 0.6 is 0 Å². The van der Waals surface area contributed by atoms with Crippen molar-refractivity contribution in [3.8, 4) is 69.0 Å². The van der Waals surface area contributed by atoms with E-state index in [1.807, 2.05) is 25.2 Å². The van der Waals surface area contributed by atoms with E-state index in [0.29, 0.717) is 153 Å². The van der Waals surface area contributed by atoms with Crippen LogP contribution in [0.25, 0.3) is 97.7 Å². The average molecular weight is 1580 g/mol. The van der Waals surface area contributed by atoms with Crippen LogP contribution in [0.5, 0.6) is 69.0 Å². The summed E-state index contributed by atoms with van der Waals surface area (Å²) >= 11 is 0. The number of aromatic nitrogens is 6. The first-order valence-corrected chi connectivity index (χ1v) is 35.4. The molecule has 0 fully saturated rings. The molecule has 3 aliphatic heterocycles. The minimum atomic E-state index is -1.51. The van der Waals surface area contributed by atoms with Crippen molar-refractivity contribution in [1.29, 1.82) is 0 Å². The number of nitrogens with one attached hydrogen (secondary N) is 2. The van der Waals surface area contributed by atoms with E-state index in [4.69, 9.17) is 61.9 Å². The Morgan fingerprint density at radius 3 is 0.991 bits per heavy atom. The largest absolute Gasteiger partial charge is 0.493 e. The first-order valence-electron chi connectivity index (χ1n) is 35.4. The van der Waals surface area contributed by atoms with Crippen LogP contribution < -0.4 is 89.9 Å². The number of hydrogen-bond acceptors (Lipinski definition) is 26. The normalized spacial score (nSPS) is 12.5. The quantitative estimate of drug-likeness (QED) is 0.0287. The van der Waals surface area contributed by atoms with Crippen LogP contribution in [-0.2, 0) is 48.4 Å². The summed E-state index contributed by atoms with van der Waals surface area (Å²) in [5.41, 5.74) is 6.55. The highest BCUT2D eigenvalue weighted by Crippen LogP contribution is 2.45. The lowest BCUT2D eigenvalue weighted by Crippen LogP contribution is -2.33. The molecule has 35 heteroatoms. The second-order valence-corrected chi connectivity index (χ2v) is 25.9. The van der Waals surface area contributed by atoms with E-state index in [0.717, 1.165) is 39.3 Å². The highest BCUT2D eigenvalue weighted by Gasteiger charge is 2.28. The second-order valence-electron chi connectivity index (χ2n) is 25.9. The van der Waals surface area contributed by atoms with Crippen molar-refractivity contribution in [2.24, 2.45) is 5.73 Å². The summed E-state index contributed by atoms with van der Waals surface area (Å²) in [4.78, 5) is 129. The van der Waals surface area contributed by atoms with Crippen molar-refractivity contribution in [3.05, 3.63) is 146 Å². The number of carboxylic acids is 3. The van der Waals surface area contributed by atoms with Crippen molar-refractivity contribution in [1.82, 2.24) is 49.1 Å². The van der Waals surface area contributed by atoms with Gasteiger partial charge in [-0.25, -0.2) is 9.59 Å². The van der Waals surface area contributed by atoms with Crippen LogP contribution in [-0.4, -0.2) is 207 Å². The van der Waals surface area contributed by atoms with Gasteiger partial charge in [-0.1, -0.05) is 0 Å². The Morgan fingerprint density at radius 1 is 0.426 bits per heavy atom. The van der Waals surface area contributed by atoms with E-state index in [9.17, 15) is 53.4 Å². The number of methoxy groups -OCH3 is 6. The molecule has 6 aromatic carbocycles. The molecule has 0 bridgehead atoms. The highest BCUT2D eigenvalue weighted by atomic mass is 16.7. The fourth-order valence-corrected chi connectivity index (χ4v) is 13.6. The van der Waals surface area contributed by atoms with E-state index >= 15 is 0 Å². The minimum absolute atomic E-state index is 0.00251. The van der Waals surface area contributed by atoms with Gasteiger partial charge in [0.2, 0.25) is 38.1 Å². The summed E-state index contributed by atoms with van der Waals surface area (Å²) in [5.74, 6) is -0.0914. The average Bonchev–Trinajstić information content (AvgIpc) is 1.48. The Balaban J connectivity index is 0.000000160. The maximum absolute atomic E-state index is 14.0. The summed E-state index contributed by atoms with van der Waals surface area (Å²) in [6.45, 7) is 1.56. The molecule has 0 aliphatic carbocycles. The summed E-state index contributed by atoms with van der Waals surface area (Å²) in [5, 5.41) is 40.6. The van der Waals surface area contributed by atoms with E-state index in [1.54, 1.807) is 96.5 Å². The SMILES string of the molecule is CN.CNC(=O)C/C(=C/C(=O)N(C)CCn1c(=O)c2cc(OC)c(OC)cc2c2cnc3cc4c(cc3c21)OCO4)C(=O)O.CNCCn1c(=O)c2cc(OC)c(OC)cc2c2cnc3cc4c(cc3c21)OCO4.COc1cc2c(=O)n(CCN(C)C(=O)/C=C(/CC(=O)O)C(=O)O)c3c4cc5c(cc4ncc3c2cc1OC)OCO5. The molecule has 0 spiro atoms. The number of likely N-dealkylation sites (N-methyl/N-ethyl adjacent to an activating group) is 3.